The summed E-state index contributed by atoms with van der Waals surface area (Å²) in [5.74, 6) is -2.54. The highest BCUT2D eigenvalue weighted by Gasteiger charge is 2.75. The minimum atomic E-state index is -1.34. The fraction of sp³-hybridized carbons (Fsp3) is 0.581. The molecule has 1 spiro atoms. The molecule has 5 rings (SSSR count). The molecule has 8 heteroatoms. The zero-order valence-corrected chi connectivity index (χ0v) is 23.8. The molecule has 4 aliphatic rings. The van der Waals surface area contributed by atoms with Crippen LogP contribution in [0.25, 0.3) is 0 Å². The predicted molar refractivity (Wildman–Crippen MR) is 149 cm³/mol. The Kier molecular flexibility index (Phi) is 6.79. The molecule has 8 nitrogen and oxygen atoms in total. The largest absolute Gasteiger partial charge is 0.394 e. The number of likely N-dealkylation sites (tertiary alicyclic amines) is 1. The van der Waals surface area contributed by atoms with Gasteiger partial charge in [-0.3, -0.25) is 14.4 Å². The van der Waals surface area contributed by atoms with Crippen molar-refractivity contribution in [3.63, 3.8) is 0 Å². The number of benzene rings is 1. The zero-order valence-electron chi connectivity index (χ0n) is 23.8. The van der Waals surface area contributed by atoms with Crippen LogP contribution in [0.2, 0.25) is 0 Å². The Morgan fingerprint density at radius 2 is 1.67 bits per heavy atom. The lowest BCUT2D eigenvalue weighted by Crippen LogP contribution is -2.62. The van der Waals surface area contributed by atoms with Crippen molar-refractivity contribution in [2.45, 2.75) is 76.8 Å². The molecule has 4 heterocycles. The molecule has 7 atom stereocenters. The van der Waals surface area contributed by atoms with Crippen molar-refractivity contribution in [2.75, 3.05) is 24.6 Å². The summed E-state index contributed by atoms with van der Waals surface area (Å²) in [6.07, 6.45) is 8.30. The van der Waals surface area contributed by atoms with Crippen molar-refractivity contribution < 1.29 is 24.2 Å². The number of aliphatic hydroxyl groups excluding tert-OH is 1. The highest BCUT2D eigenvalue weighted by molar-refractivity contribution is 6.04. The molecule has 0 radical (unpaired) electrons. The number of rotatable bonds is 5. The number of carbonyl (C=O) groups is 3. The Hall–Kier alpha value is -2.97. The summed E-state index contributed by atoms with van der Waals surface area (Å²) in [5.41, 5.74) is -2.18. The third-order valence-corrected chi connectivity index (χ3v) is 9.22. The summed E-state index contributed by atoms with van der Waals surface area (Å²) in [6, 6.07) is 7.85. The number of nitrogens with zero attached hydrogens (tertiary/aromatic N) is 3. The molecule has 1 N–H and O–H groups in total. The lowest BCUT2D eigenvalue weighted by atomic mass is 9.74. The normalized spacial score (nSPS) is 34.0. The van der Waals surface area contributed by atoms with E-state index in [0.717, 1.165) is 12.1 Å². The molecule has 1 aromatic carbocycles. The van der Waals surface area contributed by atoms with Gasteiger partial charge in [0.15, 0.2) is 0 Å². The SMILES string of the molecule is CC[C@H](C)[C@H](CO)N1C(=O)[C@@H]2[C@@H]3C(=O)N(c4ccccc4)CC=C[C@]3(C)O[C@@]23C=CCN(C(C)(C)C)C(=O)C13. The number of fused-ring (bicyclic) bond motifs is 2. The van der Waals surface area contributed by atoms with E-state index < -0.39 is 40.7 Å². The average Bonchev–Trinajstić information content (AvgIpc) is 3.15. The first kappa shape index (κ1) is 27.6. The molecule has 2 saturated heterocycles. The van der Waals surface area contributed by atoms with Gasteiger partial charge in [0.1, 0.15) is 11.6 Å². The fourth-order valence-corrected chi connectivity index (χ4v) is 7.08. The maximum Gasteiger partial charge on any atom is 0.249 e. The highest BCUT2D eigenvalue weighted by atomic mass is 16.5. The maximum absolute atomic E-state index is 14.6. The summed E-state index contributed by atoms with van der Waals surface area (Å²) >= 11 is 0. The van der Waals surface area contributed by atoms with E-state index in [0.29, 0.717) is 13.1 Å². The second kappa shape index (κ2) is 9.59. The molecule has 1 unspecified atom stereocenters. The van der Waals surface area contributed by atoms with E-state index in [-0.39, 0.29) is 30.2 Å². The van der Waals surface area contributed by atoms with Crippen molar-refractivity contribution in [3.05, 3.63) is 54.6 Å². The Morgan fingerprint density at radius 3 is 2.28 bits per heavy atom. The van der Waals surface area contributed by atoms with Crippen LogP contribution in [-0.2, 0) is 19.1 Å². The molecule has 0 aliphatic carbocycles. The van der Waals surface area contributed by atoms with Crippen molar-refractivity contribution in [1.29, 1.82) is 0 Å². The number of carbonyl (C=O) groups excluding carboxylic acids is 3. The van der Waals surface area contributed by atoms with Gasteiger partial charge in [0.05, 0.1) is 30.1 Å². The van der Waals surface area contributed by atoms with E-state index in [1.165, 1.54) is 0 Å². The number of aliphatic hydroxyl groups is 1. The van der Waals surface area contributed by atoms with Gasteiger partial charge in [-0.25, -0.2) is 0 Å². The van der Waals surface area contributed by atoms with Crippen LogP contribution in [0.4, 0.5) is 5.69 Å². The van der Waals surface area contributed by atoms with Gasteiger partial charge in [-0.15, -0.1) is 0 Å². The second-order valence-corrected chi connectivity index (χ2v) is 12.6. The van der Waals surface area contributed by atoms with E-state index in [1.54, 1.807) is 14.7 Å². The third kappa shape index (κ3) is 4.06. The first-order valence-corrected chi connectivity index (χ1v) is 14.1. The predicted octanol–water partition coefficient (Wildman–Crippen LogP) is 3.16. The summed E-state index contributed by atoms with van der Waals surface area (Å²) < 4.78 is 6.91. The molecule has 3 amide bonds. The topological polar surface area (TPSA) is 90.4 Å². The fourth-order valence-electron chi connectivity index (χ4n) is 7.08. The number of hydrogen-bond acceptors (Lipinski definition) is 5. The van der Waals surface area contributed by atoms with Crippen LogP contribution >= 0.6 is 0 Å². The third-order valence-electron chi connectivity index (χ3n) is 9.22. The van der Waals surface area contributed by atoms with Gasteiger partial charge in [-0.1, -0.05) is 62.8 Å². The Bertz CT molecular complexity index is 1210. The highest BCUT2D eigenvalue weighted by Crippen LogP contribution is 2.58. The van der Waals surface area contributed by atoms with Crippen molar-refractivity contribution in [3.8, 4) is 0 Å². The average molecular weight is 536 g/mol. The van der Waals surface area contributed by atoms with Crippen LogP contribution in [-0.4, -0.2) is 81.1 Å². The van der Waals surface area contributed by atoms with E-state index in [2.05, 4.69) is 0 Å². The van der Waals surface area contributed by atoms with Gasteiger partial charge >= 0.3 is 0 Å². The number of hydrogen-bond donors (Lipinski definition) is 1. The number of amides is 3. The van der Waals surface area contributed by atoms with E-state index >= 15 is 0 Å². The second-order valence-electron chi connectivity index (χ2n) is 12.6. The van der Waals surface area contributed by atoms with Crippen LogP contribution in [0.15, 0.2) is 54.6 Å². The van der Waals surface area contributed by atoms with Crippen LogP contribution in [0, 0.1) is 17.8 Å². The molecule has 1 aromatic rings. The smallest absolute Gasteiger partial charge is 0.249 e. The summed E-state index contributed by atoms with van der Waals surface area (Å²) in [4.78, 5) is 48.5. The Labute approximate surface area is 231 Å². The van der Waals surface area contributed by atoms with Crippen LogP contribution in [0.1, 0.15) is 48.0 Å². The van der Waals surface area contributed by atoms with E-state index in [9.17, 15) is 19.5 Å². The van der Waals surface area contributed by atoms with Gasteiger partial charge < -0.3 is 24.5 Å². The molecular weight excluding hydrogens is 494 g/mol. The van der Waals surface area contributed by atoms with Gasteiger partial charge in [-0.2, -0.15) is 0 Å². The van der Waals surface area contributed by atoms with Crippen LogP contribution < -0.4 is 4.90 Å². The quantitative estimate of drug-likeness (QED) is 0.585. The molecular formula is C31H41N3O5. The molecule has 4 aliphatic heterocycles. The minimum absolute atomic E-state index is 0.0603. The van der Waals surface area contributed by atoms with E-state index in [4.69, 9.17) is 4.74 Å². The van der Waals surface area contributed by atoms with Gasteiger partial charge in [0.25, 0.3) is 0 Å². The summed E-state index contributed by atoms with van der Waals surface area (Å²) in [5, 5.41) is 10.5. The summed E-state index contributed by atoms with van der Waals surface area (Å²) in [7, 11) is 0. The lowest BCUT2D eigenvalue weighted by molar-refractivity contribution is -0.158. The molecule has 2 fully saturated rings. The zero-order chi connectivity index (χ0) is 28.3. The minimum Gasteiger partial charge on any atom is -0.394 e. The number of para-hydroxylation sites is 1. The van der Waals surface area contributed by atoms with Gasteiger partial charge in [-0.05, 0) is 45.7 Å². The first-order chi connectivity index (χ1) is 18.4. The van der Waals surface area contributed by atoms with Crippen molar-refractivity contribution in [2.24, 2.45) is 17.8 Å². The molecule has 210 valence electrons. The van der Waals surface area contributed by atoms with Gasteiger partial charge in [0.2, 0.25) is 17.7 Å². The number of anilines is 1. The monoisotopic (exact) mass is 535 g/mol. The number of ether oxygens (including phenoxy) is 1. The Morgan fingerprint density at radius 1 is 1.00 bits per heavy atom. The van der Waals surface area contributed by atoms with Crippen LogP contribution in [0.5, 0.6) is 0 Å². The standard InChI is InChI=1S/C31H41N3O5/c1-7-20(2)22(19-35)34-25-28(38)33(29(3,4)5)18-12-16-31(25)24(27(34)37)23-26(36)32(21-13-9-8-10-14-21)17-11-15-30(23,6)39-31/h8-16,20,22-25,35H,7,17-19H2,1-6H3/t20-,22-,23+,24-,25?,30-,31-/m0/s1. The molecule has 0 saturated carbocycles. The molecule has 39 heavy (non-hydrogen) atoms. The maximum atomic E-state index is 14.6. The lowest BCUT2D eigenvalue weighted by Gasteiger charge is -2.44. The first-order valence-electron chi connectivity index (χ1n) is 14.1. The van der Waals surface area contributed by atoms with E-state index in [1.807, 2.05) is 96.2 Å². The van der Waals surface area contributed by atoms with Crippen LogP contribution in [0.3, 0.4) is 0 Å². The van der Waals surface area contributed by atoms with Gasteiger partial charge in [0, 0.05) is 24.3 Å². The molecule has 0 aromatic heterocycles. The molecule has 0 bridgehead atoms. The Balaban J connectivity index is 1.69. The van der Waals surface area contributed by atoms with Crippen molar-refractivity contribution in [1.82, 2.24) is 9.80 Å². The summed E-state index contributed by atoms with van der Waals surface area (Å²) in [6.45, 7) is 12.2. The van der Waals surface area contributed by atoms with Crippen molar-refractivity contribution >= 4 is 23.4 Å².